The predicted molar refractivity (Wildman–Crippen MR) is 101 cm³/mol. The molecule has 130 valence electrons. The van der Waals surface area contributed by atoms with Crippen LogP contribution < -0.4 is 5.32 Å². The van der Waals surface area contributed by atoms with Crippen molar-refractivity contribution >= 4 is 16.8 Å². The minimum Gasteiger partial charge on any atom is -0.351 e. The Hall–Kier alpha value is -2.66. The molecular weight excluding hydrogens is 312 g/mol. The van der Waals surface area contributed by atoms with Crippen LogP contribution in [-0.4, -0.2) is 47.8 Å². The lowest BCUT2D eigenvalue weighted by molar-refractivity contribution is 0.0948. The van der Waals surface area contributed by atoms with Crippen LogP contribution in [0.25, 0.3) is 10.9 Å². The normalized spacial score (nSPS) is 11.2. The lowest BCUT2D eigenvalue weighted by Crippen LogP contribution is -2.27. The van der Waals surface area contributed by atoms with Crippen LogP contribution in [0.15, 0.2) is 54.6 Å². The molecule has 5 heteroatoms. The Balaban J connectivity index is 1.80. The summed E-state index contributed by atoms with van der Waals surface area (Å²) < 4.78 is 1.90. The predicted octanol–water partition coefficient (Wildman–Crippen LogP) is 2.77. The van der Waals surface area contributed by atoms with Crippen molar-refractivity contribution in [2.45, 2.75) is 13.0 Å². The number of nitrogens with one attached hydrogen (secondary N) is 1. The maximum absolute atomic E-state index is 12.6. The number of fused-ring (bicyclic) bond motifs is 1. The zero-order chi connectivity index (χ0) is 17.6. The molecule has 1 N–H and O–H groups in total. The van der Waals surface area contributed by atoms with Crippen LogP contribution >= 0.6 is 0 Å². The van der Waals surface area contributed by atoms with E-state index in [1.807, 2.05) is 61.2 Å². The average Bonchev–Trinajstić information content (AvgIpc) is 2.98. The smallest absolute Gasteiger partial charge is 0.272 e. The largest absolute Gasteiger partial charge is 0.351 e. The molecule has 1 heterocycles. The molecule has 0 saturated heterocycles. The fourth-order valence-electron chi connectivity index (χ4n) is 2.85. The first-order valence-electron chi connectivity index (χ1n) is 8.57. The number of carbonyl (C=O) groups excluding carboxylic acids is 1. The molecule has 1 aromatic heterocycles. The highest BCUT2D eigenvalue weighted by molar-refractivity contribution is 6.04. The molecule has 1 amide bonds. The van der Waals surface area contributed by atoms with Crippen LogP contribution in [0.3, 0.4) is 0 Å². The first-order valence-corrected chi connectivity index (χ1v) is 8.57. The molecule has 0 spiro atoms. The van der Waals surface area contributed by atoms with Crippen LogP contribution in [-0.2, 0) is 6.54 Å². The highest BCUT2D eigenvalue weighted by Gasteiger charge is 2.16. The summed E-state index contributed by atoms with van der Waals surface area (Å²) in [5, 5.41) is 8.47. The molecule has 0 unspecified atom stereocenters. The van der Waals surface area contributed by atoms with Crippen LogP contribution in [0.5, 0.6) is 0 Å². The van der Waals surface area contributed by atoms with Crippen molar-refractivity contribution in [3.05, 3.63) is 65.9 Å². The van der Waals surface area contributed by atoms with Gasteiger partial charge in [0.05, 0.1) is 12.1 Å². The Labute approximate surface area is 148 Å². The number of hydrogen-bond donors (Lipinski definition) is 1. The van der Waals surface area contributed by atoms with Gasteiger partial charge in [-0.1, -0.05) is 48.5 Å². The van der Waals surface area contributed by atoms with Gasteiger partial charge in [-0.3, -0.25) is 9.48 Å². The lowest BCUT2D eigenvalue weighted by atomic mass is 10.2. The van der Waals surface area contributed by atoms with E-state index in [1.54, 1.807) is 0 Å². The van der Waals surface area contributed by atoms with Gasteiger partial charge in [0.25, 0.3) is 5.91 Å². The van der Waals surface area contributed by atoms with E-state index in [2.05, 4.69) is 27.4 Å². The molecule has 0 aliphatic heterocycles. The van der Waals surface area contributed by atoms with Gasteiger partial charge in [-0.15, -0.1) is 0 Å². The second kappa shape index (κ2) is 7.94. The van der Waals surface area contributed by atoms with Gasteiger partial charge in [0.15, 0.2) is 5.69 Å². The Morgan fingerprint density at radius 1 is 1.08 bits per heavy atom. The van der Waals surface area contributed by atoms with E-state index < -0.39 is 0 Å². The number of aromatic nitrogens is 2. The SMILES string of the molecule is CN(C)CCCNC(=O)c1nn(Cc2ccccc2)c2ccccc12. The highest BCUT2D eigenvalue weighted by Crippen LogP contribution is 2.19. The number of carbonyl (C=O) groups is 1. The Morgan fingerprint density at radius 3 is 2.56 bits per heavy atom. The third-order valence-corrected chi connectivity index (χ3v) is 4.12. The summed E-state index contributed by atoms with van der Waals surface area (Å²) in [6.45, 7) is 2.25. The number of rotatable bonds is 7. The van der Waals surface area contributed by atoms with Crippen molar-refractivity contribution in [1.82, 2.24) is 20.0 Å². The average molecular weight is 336 g/mol. The highest BCUT2D eigenvalue weighted by atomic mass is 16.1. The summed E-state index contributed by atoms with van der Waals surface area (Å²) in [5.74, 6) is -0.109. The monoisotopic (exact) mass is 336 g/mol. The van der Waals surface area contributed by atoms with E-state index in [1.165, 1.54) is 0 Å². The number of nitrogens with zero attached hydrogens (tertiary/aromatic N) is 3. The van der Waals surface area contributed by atoms with Crippen LogP contribution in [0.2, 0.25) is 0 Å². The lowest BCUT2D eigenvalue weighted by Gasteiger charge is -2.09. The molecule has 3 aromatic rings. The van der Waals surface area contributed by atoms with Gasteiger partial charge in [0.1, 0.15) is 0 Å². The first-order chi connectivity index (χ1) is 12.1. The Kier molecular flexibility index (Phi) is 5.46. The third-order valence-electron chi connectivity index (χ3n) is 4.12. The van der Waals surface area contributed by atoms with Crippen molar-refractivity contribution in [2.75, 3.05) is 27.2 Å². The molecule has 0 fully saturated rings. The number of amides is 1. The zero-order valence-electron chi connectivity index (χ0n) is 14.8. The molecule has 0 aliphatic rings. The number of hydrogen-bond acceptors (Lipinski definition) is 3. The minimum atomic E-state index is -0.109. The fraction of sp³-hybridized carbons (Fsp3) is 0.300. The van der Waals surface area contributed by atoms with Crippen LogP contribution in [0.4, 0.5) is 0 Å². The third kappa shape index (κ3) is 4.25. The van der Waals surface area contributed by atoms with Gasteiger partial charge in [-0.05, 0) is 38.7 Å². The molecule has 0 saturated carbocycles. The summed E-state index contributed by atoms with van der Waals surface area (Å²) in [6.07, 6.45) is 0.918. The zero-order valence-corrected chi connectivity index (χ0v) is 14.8. The molecule has 0 bridgehead atoms. The van der Waals surface area contributed by atoms with Gasteiger partial charge < -0.3 is 10.2 Å². The number of para-hydroxylation sites is 1. The van der Waals surface area contributed by atoms with E-state index in [0.717, 1.165) is 29.4 Å². The van der Waals surface area contributed by atoms with E-state index in [4.69, 9.17) is 0 Å². The molecule has 0 radical (unpaired) electrons. The van der Waals surface area contributed by atoms with Crippen molar-refractivity contribution in [3.63, 3.8) is 0 Å². The van der Waals surface area contributed by atoms with E-state index in [0.29, 0.717) is 18.8 Å². The summed E-state index contributed by atoms with van der Waals surface area (Å²) in [4.78, 5) is 14.7. The minimum absolute atomic E-state index is 0.109. The fourth-order valence-corrected chi connectivity index (χ4v) is 2.85. The van der Waals surface area contributed by atoms with Gasteiger partial charge in [-0.2, -0.15) is 5.10 Å². The molecule has 0 aliphatic carbocycles. The van der Waals surface area contributed by atoms with Crippen molar-refractivity contribution < 1.29 is 4.79 Å². The summed E-state index contributed by atoms with van der Waals surface area (Å²) in [6, 6.07) is 18.0. The standard InChI is InChI=1S/C20H24N4O/c1-23(2)14-8-13-21-20(25)19-17-11-6-7-12-18(17)24(22-19)15-16-9-4-3-5-10-16/h3-7,9-12H,8,13-15H2,1-2H3,(H,21,25). The summed E-state index contributed by atoms with van der Waals surface area (Å²) >= 11 is 0. The summed E-state index contributed by atoms with van der Waals surface area (Å²) in [5.41, 5.74) is 2.63. The van der Waals surface area contributed by atoms with E-state index >= 15 is 0 Å². The maximum Gasteiger partial charge on any atom is 0.272 e. The van der Waals surface area contributed by atoms with E-state index in [-0.39, 0.29) is 5.91 Å². The second-order valence-electron chi connectivity index (χ2n) is 6.42. The second-order valence-corrected chi connectivity index (χ2v) is 6.42. The molecule has 2 aromatic carbocycles. The maximum atomic E-state index is 12.6. The van der Waals surface area contributed by atoms with Crippen molar-refractivity contribution in [3.8, 4) is 0 Å². The number of benzene rings is 2. The molecule has 25 heavy (non-hydrogen) atoms. The van der Waals surface area contributed by atoms with E-state index in [9.17, 15) is 4.79 Å². The topological polar surface area (TPSA) is 50.2 Å². The van der Waals surface area contributed by atoms with Gasteiger partial charge in [0, 0.05) is 11.9 Å². The van der Waals surface area contributed by atoms with Crippen LogP contribution in [0.1, 0.15) is 22.5 Å². The quantitative estimate of drug-likeness (QED) is 0.675. The Morgan fingerprint density at radius 2 is 1.80 bits per heavy atom. The van der Waals surface area contributed by atoms with Gasteiger partial charge >= 0.3 is 0 Å². The molecule has 0 atom stereocenters. The molecule has 5 nitrogen and oxygen atoms in total. The first kappa shape index (κ1) is 17.2. The summed E-state index contributed by atoms with van der Waals surface area (Å²) in [7, 11) is 4.06. The molecule has 3 rings (SSSR count). The van der Waals surface area contributed by atoms with Crippen LogP contribution in [0, 0.1) is 0 Å². The van der Waals surface area contributed by atoms with Crippen molar-refractivity contribution in [1.29, 1.82) is 0 Å². The van der Waals surface area contributed by atoms with Crippen molar-refractivity contribution in [2.24, 2.45) is 0 Å². The molecular formula is C20H24N4O. The Bertz CT molecular complexity index is 839. The van der Waals surface area contributed by atoms with Gasteiger partial charge in [0.2, 0.25) is 0 Å². The van der Waals surface area contributed by atoms with Gasteiger partial charge in [-0.25, -0.2) is 0 Å².